The molecule has 1 aliphatic rings. The molecule has 5 nitrogen and oxygen atoms in total. The maximum Gasteiger partial charge on any atom is 0.228 e. The fraction of sp³-hybridized carbons (Fsp3) is 0.300. The molecule has 1 aliphatic heterocycles. The summed E-state index contributed by atoms with van der Waals surface area (Å²) in [4.78, 5) is 24.2. The molecule has 2 amide bonds. The lowest BCUT2D eigenvalue weighted by atomic mass is 9.89. The lowest BCUT2D eigenvalue weighted by Gasteiger charge is -2.24. The predicted molar refractivity (Wildman–Crippen MR) is 96.1 cm³/mol. The summed E-state index contributed by atoms with van der Waals surface area (Å²) in [7, 11) is 0. The van der Waals surface area contributed by atoms with Gasteiger partial charge in [-0.2, -0.15) is 0 Å². The SMILES string of the molecule is O=C1CC(C(=O)NCCCOCc2ccccc2)c2ccc(F)cc2N1. The molecule has 136 valence electrons. The van der Waals surface area contributed by atoms with Gasteiger partial charge in [-0.3, -0.25) is 9.59 Å². The van der Waals surface area contributed by atoms with Crippen LogP contribution in [0.2, 0.25) is 0 Å². The van der Waals surface area contributed by atoms with Gasteiger partial charge in [-0.15, -0.1) is 0 Å². The first kappa shape index (κ1) is 18.1. The van der Waals surface area contributed by atoms with Crippen molar-refractivity contribution in [3.63, 3.8) is 0 Å². The van der Waals surface area contributed by atoms with Gasteiger partial charge in [0.2, 0.25) is 11.8 Å². The molecule has 0 radical (unpaired) electrons. The van der Waals surface area contributed by atoms with Gasteiger partial charge >= 0.3 is 0 Å². The number of hydrogen-bond donors (Lipinski definition) is 2. The zero-order chi connectivity index (χ0) is 18.4. The van der Waals surface area contributed by atoms with E-state index in [2.05, 4.69) is 10.6 Å². The average Bonchev–Trinajstić information content (AvgIpc) is 2.64. The van der Waals surface area contributed by atoms with Crippen molar-refractivity contribution in [2.45, 2.75) is 25.4 Å². The summed E-state index contributed by atoms with van der Waals surface area (Å²) in [5.74, 6) is -1.55. The Kier molecular flexibility index (Phi) is 5.96. The summed E-state index contributed by atoms with van der Waals surface area (Å²) in [5.41, 5.74) is 2.12. The van der Waals surface area contributed by atoms with Gasteiger partial charge in [-0.25, -0.2) is 4.39 Å². The maximum absolute atomic E-state index is 13.3. The third-order valence-corrected chi connectivity index (χ3v) is 4.25. The molecule has 6 heteroatoms. The highest BCUT2D eigenvalue weighted by atomic mass is 19.1. The van der Waals surface area contributed by atoms with Crippen LogP contribution in [0.4, 0.5) is 10.1 Å². The van der Waals surface area contributed by atoms with E-state index in [-0.39, 0.29) is 18.2 Å². The van der Waals surface area contributed by atoms with Crippen LogP contribution in [0.25, 0.3) is 0 Å². The molecule has 0 bridgehead atoms. The Labute approximate surface area is 151 Å². The van der Waals surface area contributed by atoms with Crippen molar-refractivity contribution >= 4 is 17.5 Å². The van der Waals surface area contributed by atoms with Crippen molar-refractivity contribution in [2.24, 2.45) is 0 Å². The van der Waals surface area contributed by atoms with Gasteiger partial charge in [0.05, 0.1) is 12.5 Å². The highest BCUT2D eigenvalue weighted by molar-refractivity contribution is 6.01. The van der Waals surface area contributed by atoms with E-state index in [1.807, 2.05) is 30.3 Å². The smallest absolute Gasteiger partial charge is 0.228 e. The maximum atomic E-state index is 13.3. The number of hydrogen-bond acceptors (Lipinski definition) is 3. The molecular formula is C20H21FN2O3. The van der Waals surface area contributed by atoms with Crippen molar-refractivity contribution < 1.29 is 18.7 Å². The number of nitrogens with one attached hydrogen (secondary N) is 2. The summed E-state index contributed by atoms with van der Waals surface area (Å²) in [6.07, 6.45) is 0.739. The fourth-order valence-corrected chi connectivity index (χ4v) is 2.94. The number of rotatable bonds is 7. The first-order valence-electron chi connectivity index (χ1n) is 8.62. The number of ether oxygens (including phenoxy) is 1. The first-order valence-corrected chi connectivity index (χ1v) is 8.62. The van der Waals surface area contributed by atoms with E-state index in [9.17, 15) is 14.0 Å². The van der Waals surface area contributed by atoms with Gasteiger partial charge in [0.25, 0.3) is 0 Å². The Hall–Kier alpha value is -2.73. The number of carbonyl (C=O) groups is 2. The minimum Gasteiger partial charge on any atom is -0.377 e. The second-order valence-corrected chi connectivity index (χ2v) is 6.22. The van der Waals surface area contributed by atoms with E-state index in [1.54, 1.807) is 6.07 Å². The standard InChI is InChI=1S/C20H21FN2O3/c21-15-7-8-16-17(12-19(24)23-18(16)11-15)20(25)22-9-4-10-26-13-14-5-2-1-3-6-14/h1-3,5-8,11,17H,4,9-10,12-13H2,(H,22,25)(H,23,24). The average molecular weight is 356 g/mol. The number of benzene rings is 2. The molecule has 2 aromatic rings. The highest BCUT2D eigenvalue weighted by Gasteiger charge is 2.30. The van der Waals surface area contributed by atoms with Crippen LogP contribution in [0.5, 0.6) is 0 Å². The van der Waals surface area contributed by atoms with Gasteiger partial charge < -0.3 is 15.4 Å². The van der Waals surface area contributed by atoms with E-state index < -0.39 is 11.7 Å². The lowest BCUT2D eigenvalue weighted by Crippen LogP contribution is -2.35. The molecule has 0 aromatic heterocycles. The first-order chi connectivity index (χ1) is 12.6. The summed E-state index contributed by atoms with van der Waals surface area (Å²) in [5, 5.41) is 5.44. The molecule has 2 N–H and O–H groups in total. The minimum atomic E-state index is -0.593. The van der Waals surface area contributed by atoms with Crippen LogP contribution in [-0.2, 0) is 20.9 Å². The van der Waals surface area contributed by atoms with Gasteiger partial charge in [-0.1, -0.05) is 36.4 Å². The number of carbonyl (C=O) groups excluding carboxylic acids is 2. The van der Waals surface area contributed by atoms with E-state index in [0.717, 1.165) is 5.56 Å². The van der Waals surface area contributed by atoms with Crippen LogP contribution in [0.3, 0.4) is 0 Å². The van der Waals surface area contributed by atoms with Crippen LogP contribution in [0, 0.1) is 5.82 Å². The number of halogens is 1. The fourth-order valence-electron chi connectivity index (χ4n) is 2.94. The molecule has 3 rings (SSSR count). The van der Waals surface area contributed by atoms with E-state index >= 15 is 0 Å². The normalized spacial score (nSPS) is 15.9. The van der Waals surface area contributed by atoms with E-state index in [1.165, 1.54) is 12.1 Å². The van der Waals surface area contributed by atoms with Crippen LogP contribution in [0.15, 0.2) is 48.5 Å². The Morgan fingerprint density at radius 3 is 2.85 bits per heavy atom. The Bertz CT molecular complexity index is 780. The molecule has 1 atom stereocenters. The summed E-state index contributed by atoms with van der Waals surface area (Å²) in [6, 6.07) is 14.0. The Morgan fingerprint density at radius 1 is 1.23 bits per heavy atom. The molecule has 26 heavy (non-hydrogen) atoms. The quantitative estimate of drug-likeness (QED) is 0.750. The second kappa shape index (κ2) is 8.58. The number of fused-ring (bicyclic) bond motifs is 1. The largest absolute Gasteiger partial charge is 0.377 e. The lowest BCUT2D eigenvalue weighted by molar-refractivity contribution is -0.126. The van der Waals surface area contributed by atoms with E-state index in [0.29, 0.717) is 37.4 Å². The van der Waals surface area contributed by atoms with Crippen LogP contribution < -0.4 is 10.6 Å². The highest BCUT2D eigenvalue weighted by Crippen LogP contribution is 2.32. The summed E-state index contributed by atoms with van der Waals surface area (Å²) in [6.45, 7) is 1.53. The molecule has 1 unspecified atom stereocenters. The molecule has 0 saturated carbocycles. The molecule has 1 heterocycles. The van der Waals surface area contributed by atoms with Gasteiger partial charge in [-0.05, 0) is 29.7 Å². The van der Waals surface area contributed by atoms with Gasteiger partial charge in [0.15, 0.2) is 0 Å². The second-order valence-electron chi connectivity index (χ2n) is 6.22. The van der Waals surface area contributed by atoms with E-state index in [4.69, 9.17) is 4.74 Å². The predicted octanol–water partition coefficient (Wildman–Crippen LogP) is 2.97. The van der Waals surface area contributed by atoms with Crippen LogP contribution >= 0.6 is 0 Å². The Morgan fingerprint density at radius 2 is 2.04 bits per heavy atom. The summed E-state index contributed by atoms with van der Waals surface area (Å²) >= 11 is 0. The molecule has 0 spiro atoms. The van der Waals surface area contributed by atoms with Crippen LogP contribution in [0.1, 0.15) is 29.9 Å². The molecule has 0 saturated heterocycles. The summed E-state index contributed by atoms with van der Waals surface area (Å²) < 4.78 is 18.9. The van der Waals surface area contributed by atoms with Crippen LogP contribution in [-0.4, -0.2) is 25.0 Å². The van der Waals surface area contributed by atoms with Crippen molar-refractivity contribution in [1.29, 1.82) is 0 Å². The van der Waals surface area contributed by atoms with Crippen molar-refractivity contribution in [1.82, 2.24) is 5.32 Å². The Balaban J connectivity index is 1.44. The zero-order valence-corrected chi connectivity index (χ0v) is 14.3. The zero-order valence-electron chi connectivity index (χ0n) is 14.3. The molecular weight excluding hydrogens is 335 g/mol. The third-order valence-electron chi connectivity index (χ3n) is 4.25. The van der Waals surface area contributed by atoms with Crippen molar-refractivity contribution in [2.75, 3.05) is 18.5 Å². The monoisotopic (exact) mass is 356 g/mol. The number of amides is 2. The van der Waals surface area contributed by atoms with Gasteiger partial charge in [0, 0.05) is 25.3 Å². The van der Waals surface area contributed by atoms with Crippen molar-refractivity contribution in [3.8, 4) is 0 Å². The molecule has 0 fully saturated rings. The minimum absolute atomic E-state index is 0.0645. The third kappa shape index (κ3) is 4.67. The van der Waals surface area contributed by atoms with Crippen molar-refractivity contribution in [3.05, 3.63) is 65.5 Å². The van der Waals surface area contributed by atoms with Gasteiger partial charge in [0.1, 0.15) is 5.82 Å². The number of anilines is 1. The molecule has 0 aliphatic carbocycles. The topological polar surface area (TPSA) is 67.4 Å². The molecule has 2 aromatic carbocycles.